The number of hydrogen-bond donors (Lipinski definition) is 0. The molecule has 1 unspecified atom stereocenters. The SMILES string of the molecule is O=C1OC2(C3=C[C](Br)C([O-])=C=C3Oc3cc([O-])c(Br)cc32)c2ccccc21.[Hg+].[Na+].[Na+].[OH-]. The van der Waals surface area contributed by atoms with Gasteiger partial charge in [-0.1, -0.05) is 67.3 Å². The molecular weight excluding hydrogens is 743 g/mol. The van der Waals surface area contributed by atoms with Gasteiger partial charge in [-0.15, -0.1) is 0 Å². The van der Waals surface area contributed by atoms with Crippen molar-refractivity contribution in [3.8, 4) is 11.5 Å². The smallest absolute Gasteiger partial charge is 0.872 e. The van der Waals surface area contributed by atoms with Crippen LogP contribution >= 0.6 is 31.9 Å². The van der Waals surface area contributed by atoms with Gasteiger partial charge in [0.1, 0.15) is 5.75 Å². The van der Waals surface area contributed by atoms with E-state index in [1.165, 1.54) is 6.07 Å². The third-order valence-electron chi connectivity index (χ3n) is 4.74. The molecule has 31 heavy (non-hydrogen) atoms. The molecule has 5 rings (SSSR count). The van der Waals surface area contributed by atoms with Gasteiger partial charge in [0, 0.05) is 15.6 Å². The summed E-state index contributed by atoms with van der Waals surface area (Å²) in [6.07, 6.45) is 1.57. The van der Waals surface area contributed by atoms with E-state index in [4.69, 9.17) is 9.47 Å². The standard InChI is InChI=1S/C20H9Br2O5.Hg.2Na.H2O/c21-13-5-11-17(7-15(13)23)26-18-8-16(24)14(22)6-12(18)20(11)10-4-2-1-3-9(10)19(25)27-20;;;;/h1-7,23-24H;;;;1H2/q;3*+1;/p-3. The van der Waals surface area contributed by atoms with E-state index >= 15 is 0 Å². The Morgan fingerprint density at radius 1 is 1.03 bits per heavy atom. The Bertz CT molecular complexity index is 1160. The fourth-order valence-electron chi connectivity index (χ4n) is 3.60. The number of carbonyl (C=O) groups is 1. The van der Waals surface area contributed by atoms with Crippen LogP contribution in [0, 0.1) is 4.83 Å². The summed E-state index contributed by atoms with van der Waals surface area (Å²) in [6.45, 7) is 0. The van der Waals surface area contributed by atoms with E-state index in [0.717, 1.165) is 0 Å². The number of halogens is 2. The Morgan fingerprint density at radius 3 is 2.42 bits per heavy atom. The number of rotatable bonds is 0. The van der Waals surface area contributed by atoms with Crippen LogP contribution in [0.4, 0.5) is 0 Å². The zero-order chi connectivity index (χ0) is 18.9. The first-order chi connectivity index (χ1) is 12.9. The number of hydrogen-bond acceptors (Lipinski definition) is 6. The van der Waals surface area contributed by atoms with Crippen LogP contribution in [0.2, 0.25) is 0 Å². The van der Waals surface area contributed by atoms with E-state index in [1.54, 1.807) is 36.4 Å². The molecule has 1 N–H and O–H groups in total. The molecular formula is C20H8Br2HgNa2O6. The van der Waals surface area contributed by atoms with Gasteiger partial charge in [-0.05, 0) is 24.3 Å². The molecule has 2 radical (unpaired) electrons. The molecule has 2 aliphatic heterocycles. The fraction of sp³-hybridized carbons (Fsp3) is 0.0500. The van der Waals surface area contributed by atoms with Crippen molar-refractivity contribution in [1.29, 1.82) is 0 Å². The second kappa shape index (κ2) is 10.8. The van der Waals surface area contributed by atoms with E-state index in [-0.39, 0.29) is 114 Å². The Morgan fingerprint density at radius 2 is 1.71 bits per heavy atom. The molecule has 11 heteroatoms. The number of ether oxygens (including phenoxy) is 2. The van der Waals surface area contributed by atoms with Crippen molar-refractivity contribution in [3.05, 3.63) is 91.3 Å². The average Bonchev–Trinajstić information content (AvgIpc) is 2.93. The summed E-state index contributed by atoms with van der Waals surface area (Å²) in [4.78, 5) is 12.9. The third kappa shape index (κ3) is 4.44. The van der Waals surface area contributed by atoms with Gasteiger partial charge >= 0.3 is 92.8 Å². The van der Waals surface area contributed by atoms with Crippen molar-refractivity contribution in [1.82, 2.24) is 0 Å². The van der Waals surface area contributed by atoms with Crippen molar-refractivity contribution < 1.29 is 117 Å². The minimum absolute atomic E-state index is 0. The maximum absolute atomic E-state index is 12.6. The van der Waals surface area contributed by atoms with Gasteiger partial charge in [0.05, 0.1) is 16.0 Å². The summed E-state index contributed by atoms with van der Waals surface area (Å²) in [6, 6.07) is 9.92. The molecule has 142 valence electrons. The molecule has 2 aromatic rings. The third-order valence-corrected chi connectivity index (χ3v) is 5.95. The van der Waals surface area contributed by atoms with Crippen molar-refractivity contribution in [2.24, 2.45) is 0 Å². The molecule has 0 bridgehead atoms. The number of esters is 1. The van der Waals surface area contributed by atoms with Crippen molar-refractivity contribution in [3.63, 3.8) is 0 Å². The Hall–Kier alpha value is 0.425. The van der Waals surface area contributed by atoms with Gasteiger partial charge in [0.25, 0.3) is 0 Å². The van der Waals surface area contributed by atoms with Crippen LogP contribution in [0.5, 0.6) is 11.5 Å². The van der Waals surface area contributed by atoms with Gasteiger partial charge in [-0.2, -0.15) is 0 Å². The van der Waals surface area contributed by atoms with E-state index in [9.17, 15) is 15.0 Å². The summed E-state index contributed by atoms with van der Waals surface area (Å²) < 4.78 is 12.0. The van der Waals surface area contributed by atoms with Gasteiger partial charge in [-0.3, -0.25) is 0 Å². The summed E-state index contributed by atoms with van der Waals surface area (Å²) >= 11 is 6.48. The van der Waals surface area contributed by atoms with Crippen molar-refractivity contribution in [2.75, 3.05) is 0 Å². The molecule has 3 aliphatic rings. The molecule has 1 spiro atoms. The first-order valence-electron chi connectivity index (χ1n) is 7.87. The van der Waals surface area contributed by atoms with Gasteiger partial charge in [0.2, 0.25) is 0 Å². The molecule has 2 heterocycles. The summed E-state index contributed by atoms with van der Waals surface area (Å²) in [5.74, 6) is -0.831. The quantitative estimate of drug-likeness (QED) is 0.159. The number of carbonyl (C=O) groups excluding carboxylic acids is 1. The zero-order valence-electron chi connectivity index (χ0n) is 16.5. The molecule has 0 saturated heterocycles. The summed E-state index contributed by atoms with van der Waals surface area (Å²) in [5.41, 5.74) is 3.30. The van der Waals surface area contributed by atoms with Gasteiger partial charge in [0.15, 0.2) is 11.4 Å². The van der Waals surface area contributed by atoms with Crippen molar-refractivity contribution in [2.45, 2.75) is 5.60 Å². The summed E-state index contributed by atoms with van der Waals surface area (Å²) in [7, 11) is 0. The molecule has 1 aliphatic carbocycles. The zero-order valence-corrected chi connectivity index (χ0v) is 29.2. The fourth-order valence-corrected chi connectivity index (χ4v) is 4.27. The van der Waals surface area contributed by atoms with Crippen LogP contribution in [0.3, 0.4) is 0 Å². The van der Waals surface area contributed by atoms with E-state index in [0.29, 0.717) is 26.7 Å². The maximum atomic E-state index is 12.6. The van der Waals surface area contributed by atoms with Crippen LogP contribution in [0.1, 0.15) is 21.5 Å². The Balaban J connectivity index is 0.00000120. The molecule has 0 fully saturated rings. The van der Waals surface area contributed by atoms with Crippen molar-refractivity contribution >= 4 is 37.8 Å². The van der Waals surface area contributed by atoms with Gasteiger partial charge < -0.3 is 25.2 Å². The van der Waals surface area contributed by atoms with Crippen LogP contribution in [-0.4, -0.2) is 11.4 Å². The monoisotopic (exact) mass is 750 g/mol. The minimum atomic E-state index is -1.33. The van der Waals surface area contributed by atoms with Crippen LogP contribution in [0.15, 0.2) is 69.8 Å². The first kappa shape index (κ1) is 29.5. The Labute approximate surface area is 259 Å². The van der Waals surface area contributed by atoms with Crippen LogP contribution < -0.4 is 74.1 Å². The molecule has 0 saturated carbocycles. The second-order valence-electron chi connectivity index (χ2n) is 6.19. The molecule has 0 amide bonds. The summed E-state index contributed by atoms with van der Waals surface area (Å²) in [5, 5.41) is 24.2. The Kier molecular flexibility index (Phi) is 10.2. The average molecular weight is 751 g/mol. The largest absolute Gasteiger partial charge is 1.00 e. The first-order valence-corrected chi connectivity index (χ1v) is 9.45. The van der Waals surface area contributed by atoms with E-state index < -0.39 is 17.3 Å². The number of benzene rings is 2. The minimum Gasteiger partial charge on any atom is -0.872 e. The van der Waals surface area contributed by atoms with Gasteiger partial charge in [-0.25, -0.2) is 4.79 Å². The van der Waals surface area contributed by atoms with Crippen LogP contribution in [-0.2, 0) is 38.0 Å². The molecule has 6 nitrogen and oxygen atoms in total. The normalized spacial score (nSPS) is 19.8. The molecule has 2 aromatic carbocycles. The molecule has 0 aromatic heterocycles. The topological polar surface area (TPSA) is 112 Å². The van der Waals surface area contributed by atoms with E-state index in [2.05, 4.69) is 37.6 Å². The van der Waals surface area contributed by atoms with Crippen LogP contribution in [0.25, 0.3) is 0 Å². The molecule has 1 atom stereocenters. The van der Waals surface area contributed by atoms with E-state index in [1.807, 2.05) is 0 Å². The predicted molar refractivity (Wildman–Crippen MR) is 99.6 cm³/mol. The number of fused-ring (bicyclic) bond motifs is 6. The maximum Gasteiger partial charge on any atom is 1.00 e. The predicted octanol–water partition coefficient (Wildman–Crippen LogP) is -3.25. The second-order valence-corrected chi connectivity index (χ2v) is 7.90.